The van der Waals surface area contributed by atoms with E-state index in [9.17, 15) is 13.6 Å². The predicted molar refractivity (Wildman–Crippen MR) is 121 cm³/mol. The van der Waals surface area contributed by atoms with Gasteiger partial charge < -0.3 is 25.6 Å². The molecule has 0 radical (unpaired) electrons. The van der Waals surface area contributed by atoms with Crippen LogP contribution in [0.2, 0.25) is 0 Å². The number of carbonyl (C=O) groups excluding carboxylic acids is 1. The van der Waals surface area contributed by atoms with Crippen molar-refractivity contribution >= 4 is 17.6 Å². The molecule has 0 aliphatic carbocycles. The fraction of sp³-hybridized carbons (Fsp3) is 0.391. The molecule has 1 unspecified atom stereocenters. The molecule has 1 aliphatic rings. The van der Waals surface area contributed by atoms with Crippen molar-refractivity contribution in [2.45, 2.75) is 25.5 Å². The molecule has 2 aromatic carbocycles. The third-order valence-electron chi connectivity index (χ3n) is 5.17. The lowest BCUT2D eigenvalue weighted by molar-refractivity contribution is -0.119. The highest BCUT2D eigenvalue weighted by atomic mass is 19.3. The van der Waals surface area contributed by atoms with Crippen LogP contribution < -0.4 is 25.6 Å². The van der Waals surface area contributed by atoms with Gasteiger partial charge in [0.05, 0.1) is 12.2 Å². The average molecular weight is 446 g/mol. The number of para-hydroxylation sites is 2. The molecule has 0 saturated carbocycles. The highest BCUT2D eigenvalue weighted by molar-refractivity contribution is 5.86. The normalized spacial score (nSPS) is 16.2. The van der Waals surface area contributed by atoms with Crippen molar-refractivity contribution < 1.29 is 18.3 Å². The van der Waals surface area contributed by atoms with Crippen molar-refractivity contribution in [1.82, 2.24) is 16.0 Å². The number of nitrogens with one attached hydrogen (secondary N) is 3. The van der Waals surface area contributed by atoms with E-state index >= 15 is 0 Å². The largest absolute Gasteiger partial charge is 0.433 e. The molecule has 1 atom stereocenters. The van der Waals surface area contributed by atoms with Crippen LogP contribution in [0, 0.1) is 0 Å². The van der Waals surface area contributed by atoms with Crippen LogP contribution in [0.5, 0.6) is 5.75 Å². The van der Waals surface area contributed by atoms with Crippen molar-refractivity contribution in [2.24, 2.45) is 4.99 Å². The Bertz CT molecular complexity index is 895. The monoisotopic (exact) mass is 445 g/mol. The lowest BCUT2D eigenvalue weighted by Gasteiger charge is -2.22. The van der Waals surface area contributed by atoms with Gasteiger partial charge >= 0.3 is 6.61 Å². The predicted octanol–water partition coefficient (Wildman–Crippen LogP) is 2.39. The zero-order valence-corrected chi connectivity index (χ0v) is 18.1. The molecule has 0 spiro atoms. The molecule has 1 heterocycles. The average Bonchev–Trinajstić information content (AvgIpc) is 3.25. The Balaban J connectivity index is 1.42. The van der Waals surface area contributed by atoms with Crippen molar-refractivity contribution in [1.29, 1.82) is 0 Å². The first-order chi connectivity index (χ1) is 15.5. The first-order valence-corrected chi connectivity index (χ1v) is 10.6. The van der Waals surface area contributed by atoms with Gasteiger partial charge in [0.15, 0.2) is 5.96 Å². The number of alkyl halides is 2. The highest BCUT2D eigenvalue weighted by Crippen LogP contribution is 2.31. The zero-order chi connectivity index (χ0) is 22.8. The number of rotatable bonds is 9. The van der Waals surface area contributed by atoms with E-state index in [0.717, 1.165) is 12.8 Å². The molecule has 2 aromatic rings. The van der Waals surface area contributed by atoms with E-state index in [0.29, 0.717) is 31.3 Å². The minimum absolute atomic E-state index is 0.0574. The third-order valence-corrected chi connectivity index (χ3v) is 5.17. The van der Waals surface area contributed by atoms with Crippen LogP contribution in [0.1, 0.15) is 12.0 Å². The van der Waals surface area contributed by atoms with E-state index in [4.69, 9.17) is 0 Å². The number of benzene rings is 2. The fourth-order valence-electron chi connectivity index (χ4n) is 3.62. The van der Waals surface area contributed by atoms with E-state index < -0.39 is 6.61 Å². The molecule has 1 amide bonds. The number of hydrogen-bond donors (Lipinski definition) is 3. The van der Waals surface area contributed by atoms with Crippen molar-refractivity contribution in [3.63, 3.8) is 0 Å². The van der Waals surface area contributed by atoms with Crippen molar-refractivity contribution in [2.75, 3.05) is 38.1 Å². The molecule has 9 heteroatoms. The maximum absolute atomic E-state index is 12.7. The number of anilines is 1. The number of aliphatic imine (C=N–C) groups is 1. The van der Waals surface area contributed by atoms with Crippen LogP contribution in [0.3, 0.4) is 0 Å². The Labute approximate surface area is 186 Å². The zero-order valence-electron chi connectivity index (χ0n) is 18.1. The Morgan fingerprint density at radius 1 is 1.16 bits per heavy atom. The van der Waals surface area contributed by atoms with Crippen LogP contribution in [0.4, 0.5) is 14.5 Å². The minimum atomic E-state index is -2.87. The first kappa shape index (κ1) is 23.3. The van der Waals surface area contributed by atoms with Gasteiger partial charge in [0.2, 0.25) is 5.91 Å². The molecule has 0 bridgehead atoms. The molecular formula is C23H29F2N5O2. The quantitative estimate of drug-likeness (QED) is 0.408. The lowest BCUT2D eigenvalue weighted by Crippen LogP contribution is -2.47. The number of halogens is 2. The summed E-state index contributed by atoms with van der Waals surface area (Å²) >= 11 is 0. The number of ether oxygens (including phenoxy) is 1. The Morgan fingerprint density at radius 2 is 1.91 bits per heavy atom. The second-order valence-electron chi connectivity index (χ2n) is 7.43. The molecule has 1 saturated heterocycles. The van der Waals surface area contributed by atoms with E-state index in [1.54, 1.807) is 31.3 Å². The van der Waals surface area contributed by atoms with Crippen LogP contribution in [-0.4, -0.2) is 57.7 Å². The summed E-state index contributed by atoms with van der Waals surface area (Å²) in [6.07, 6.45) is 1.57. The number of hydrogen-bond acceptors (Lipinski definition) is 4. The van der Waals surface area contributed by atoms with Crippen molar-refractivity contribution in [3.05, 3.63) is 60.2 Å². The molecule has 7 nitrogen and oxygen atoms in total. The fourth-order valence-corrected chi connectivity index (χ4v) is 3.62. The summed E-state index contributed by atoms with van der Waals surface area (Å²) in [5.74, 6) is 0.569. The number of carbonyl (C=O) groups is 1. The maximum atomic E-state index is 12.7. The van der Waals surface area contributed by atoms with Crippen molar-refractivity contribution in [3.8, 4) is 5.75 Å². The first-order valence-electron chi connectivity index (χ1n) is 10.6. The molecule has 1 fully saturated rings. The SMILES string of the molecule is CN=C(NCC(=O)NCCc1ccccc1)NC1CCN(c2ccccc2OC(F)F)C1. The van der Waals surface area contributed by atoms with Gasteiger partial charge in [-0.05, 0) is 30.5 Å². The van der Waals surface area contributed by atoms with Gasteiger partial charge in [-0.1, -0.05) is 42.5 Å². The van der Waals surface area contributed by atoms with E-state index in [2.05, 4.69) is 25.7 Å². The second kappa shape index (κ2) is 11.9. The number of guanidine groups is 1. The molecule has 1 aliphatic heterocycles. The molecule has 0 aromatic heterocycles. The summed E-state index contributed by atoms with van der Waals surface area (Å²) < 4.78 is 30.0. The third kappa shape index (κ3) is 7.11. The smallest absolute Gasteiger partial charge is 0.387 e. The number of amides is 1. The summed E-state index contributed by atoms with van der Waals surface area (Å²) in [5, 5.41) is 9.20. The van der Waals surface area contributed by atoms with Gasteiger partial charge in [-0.2, -0.15) is 8.78 Å². The molecule has 3 rings (SSSR count). The maximum Gasteiger partial charge on any atom is 0.387 e. The van der Waals surface area contributed by atoms with Gasteiger partial charge in [-0.15, -0.1) is 0 Å². The molecular weight excluding hydrogens is 416 g/mol. The minimum Gasteiger partial charge on any atom is -0.433 e. The van der Waals surface area contributed by atoms with Crippen LogP contribution in [-0.2, 0) is 11.2 Å². The van der Waals surface area contributed by atoms with Gasteiger partial charge in [0.1, 0.15) is 5.75 Å². The topological polar surface area (TPSA) is 78.0 Å². The molecule has 3 N–H and O–H groups in total. The van der Waals surface area contributed by atoms with Gasteiger partial charge in [0.25, 0.3) is 0 Å². The van der Waals surface area contributed by atoms with Gasteiger partial charge in [-0.3, -0.25) is 9.79 Å². The second-order valence-corrected chi connectivity index (χ2v) is 7.43. The summed E-state index contributed by atoms with van der Waals surface area (Å²) in [4.78, 5) is 18.3. The van der Waals surface area contributed by atoms with Crippen LogP contribution in [0.25, 0.3) is 0 Å². The van der Waals surface area contributed by atoms with Gasteiger partial charge in [0, 0.05) is 32.7 Å². The summed E-state index contributed by atoms with van der Waals surface area (Å²) in [6, 6.07) is 16.8. The van der Waals surface area contributed by atoms with E-state index in [1.165, 1.54) is 5.56 Å². The number of nitrogens with zero attached hydrogens (tertiary/aromatic N) is 2. The Morgan fingerprint density at radius 3 is 2.66 bits per heavy atom. The van der Waals surface area contributed by atoms with E-state index in [1.807, 2.05) is 35.2 Å². The molecule has 32 heavy (non-hydrogen) atoms. The summed E-state index contributed by atoms with van der Waals surface area (Å²) in [7, 11) is 1.64. The summed E-state index contributed by atoms with van der Waals surface area (Å²) in [6.45, 7) is -0.898. The molecule has 172 valence electrons. The van der Waals surface area contributed by atoms with Gasteiger partial charge in [-0.25, -0.2) is 0 Å². The lowest BCUT2D eigenvalue weighted by atomic mass is 10.1. The standard InChI is InChI=1S/C23H29F2N5O2/c1-26-23(28-15-21(31)27-13-11-17-7-3-2-4-8-17)29-18-12-14-30(16-18)19-9-5-6-10-20(19)32-22(24)25/h2-10,18,22H,11-16H2,1H3,(H,27,31)(H2,26,28,29). The highest BCUT2D eigenvalue weighted by Gasteiger charge is 2.26. The van der Waals surface area contributed by atoms with Crippen LogP contribution >= 0.6 is 0 Å². The Kier molecular flexibility index (Phi) is 8.65. The van der Waals surface area contributed by atoms with E-state index in [-0.39, 0.29) is 24.2 Å². The van der Waals surface area contributed by atoms with Crippen LogP contribution in [0.15, 0.2) is 59.6 Å². The summed E-state index contributed by atoms with van der Waals surface area (Å²) in [5.41, 5.74) is 1.81. The Hall–Kier alpha value is -3.36.